The topological polar surface area (TPSA) is 40.5 Å². The van der Waals surface area contributed by atoms with Gasteiger partial charge >= 0.3 is 0 Å². The Hall–Kier alpha value is -1.38. The maximum absolute atomic E-state index is 9.69. The molecule has 0 aliphatic carbocycles. The standard InChI is InChI=1S/C12H8Cl2O2/c13-7-4-5-8(9(14)6-7)12-10(15)2-1-3-11(12)16/h1-6,15-16H. The summed E-state index contributed by atoms with van der Waals surface area (Å²) < 4.78 is 0. The van der Waals surface area contributed by atoms with E-state index in [2.05, 4.69) is 0 Å². The molecule has 0 fully saturated rings. The van der Waals surface area contributed by atoms with Crippen LogP contribution in [0.25, 0.3) is 11.1 Å². The highest BCUT2D eigenvalue weighted by molar-refractivity contribution is 6.36. The number of phenolic OH excluding ortho intramolecular Hbond substituents is 2. The molecular weight excluding hydrogens is 247 g/mol. The summed E-state index contributed by atoms with van der Waals surface area (Å²) in [6, 6.07) is 9.39. The van der Waals surface area contributed by atoms with E-state index >= 15 is 0 Å². The van der Waals surface area contributed by atoms with Gasteiger partial charge in [-0.15, -0.1) is 0 Å². The van der Waals surface area contributed by atoms with E-state index in [1.807, 2.05) is 0 Å². The van der Waals surface area contributed by atoms with Gasteiger partial charge in [-0.25, -0.2) is 0 Å². The number of hydrogen-bond donors (Lipinski definition) is 2. The first-order valence-electron chi connectivity index (χ1n) is 4.56. The van der Waals surface area contributed by atoms with E-state index in [1.165, 1.54) is 12.1 Å². The van der Waals surface area contributed by atoms with E-state index in [0.717, 1.165) is 0 Å². The lowest BCUT2D eigenvalue weighted by Crippen LogP contribution is -1.82. The van der Waals surface area contributed by atoms with Gasteiger partial charge < -0.3 is 10.2 Å². The molecule has 82 valence electrons. The highest BCUT2D eigenvalue weighted by Crippen LogP contribution is 2.40. The van der Waals surface area contributed by atoms with Crippen molar-refractivity contribution in [3.63, 3.8) is 0 Å². The summed E-state index contributed by atoms with van der Waals surface area (Å²) >= 11 is 11.8. The Morgan fingerprint density at radius 1 is 0.875 bits per heavy atom. The number of benzene rings is 2. The predicted octanol–water partition coefficient (Wildman–Crippen LogP) is 4.07. The van der Waals surface area contributed by atoms with Gasteiger partial charge in [0.1, 0.15) is 11.5 Å². The summed E-state index contributed by atoms with van der Waals surface area (Å²) in [6.07, 6.45) is 0. The first-order chi connectivity index (χ1) is 7.59. The molecule has 2 aromatic carbocycles. The molecule has 0 saturated carbocycles. The van der Waals surface area contributed by atoms with E-state index in [1.54, 1.807) is 24.3 Å². The number of halogens is 2. The predicted molar refractivity (Wildman–Crippen MR) is 65.2 cm³/mol. The minimum Gasteiger partial charge on any atom is -0.507 e. The minimum absolute atomic E-state index is 0.0239. The first kappa shape index (κ1) is 11.1. The molecule has 0 atom stereocenters. The fraction of sp³-hybridized carbons (Fsp3) is 0. The van der Waals surface area contributed by atoms with Crippen molar-refractivity contribution in [2.75, 3.05) is 0 Å². The third-order valence-electron chi connectivity index (χ3n) is 2.22. The molecule has 16 heavy (non-hydrogen) atoms. The Morgan fingerprint density at radius 3 is 2.06 bits per heavy atom. The Morgan fingerprint density at radius 2 is 1.50 bits per heavy atom. The molecule has 0 bridgehead atoms. The summed E-state index contributed by atoms with van der Waals surface area (Å²) in [5.74, 6) is -0.0477. The van der Waals surface area contributed by atoms with Crippen LogP contribution in [-0.4, -0.2) is 10.2 Å². The van der Waals surface area contributed by atoms with Crippen LogP contribution in [0.3, 0.4) is 0 Å². The van der Waals surface area contributed by atoms with Crippen molar-refractivity contribution in [1.29, 1.82) is 0 Å². The zero-order valence-corrected chi connectivity index (χ0v) is 9.63. The normalized spacial score (nSPS) is 10.4. The van der Waals surface area contributed by atoms with E-state index < -0.39 is 0 Å². The summed E-state index contributed by atoms with van der Waals surface area (Å²) in [5.41, 5.74) is 0.853. The molecule has 2 nitrogen and oxygen atoms in total. The lowest BCUT2D eigenvalue weighted by Gasteiger charge is -2.09. The maximum atomic E-state index is 9.69. The molecule has 2 N–H and O–H groups in total. The lowest BCUT2D eigenvalue weighted by molar-refractivity contribution is 0.454. The van der Waals surface area contributed by atoms with Crippen LogP contribution >= 0.6 is 23.2 Å². The molecule has 0 amide bonds. The molecule has 0 heterocycles. The molecule has 0 unspecified atom stereocenters. The Labute approximate surface area is 103 Å². The van der Waals surface area contributed by atoms with Crippen molar-refractivity contribution in [2.45, 2.75) is 0 Å². The van der Waals surface area contributed by atoms with Gasteiger partial charge in [-0.05, 0) is 24.3 Å². The quantitative estimate of drug-likeness (QED) is 0.806. The Balaban J connectivity index is 2.68. The van der Waals surface area contributed by atoms with Crippen molar-refractivity contribution in [1.82, 2.24) is 0 Å². The van der Waals surface area contributed by atoms with Crippen molar-refractivity contribution in [3.05, 3.63) is 46.4 Å². The van der Waals surface area contributed by atoms with Crippen LogP contribution in [0.5, 0.6) is 11.5 Å². The van der Waals surface area contributed by atoms with Crippen LogP contribution in [0.15, 0.2) is 36.4 Å². The first-order valence-corrected chi connectivity index (χ1v) is 5.31. The van der Waals surface area contributed by atoms with E-state index in [4.69, 9.17) is 23.2 Å². The maximum Gasteiger partial charge on any atom is 0.127 e. The molecule has 4 heteroatoms. The van der Waals surface area contributed by atoms with E-state index in [9.17, 15) is 10.2 Å². The van der Waals surface area contributed by atoms with Crippen molar-refractivity contribution in [2.24, 2.45) is 0 Å². The summed E-state index contributed by atoms with van der Waals surface area (Å²) in [7, 11) is 0. The van der Waals surface area contributed by atoms with Crippen LogP contribution < -0.4 is 0 Å². The van der Waals surface area contributed by atoms with E-state index in [0.29, 0.717) is 21.2 Å². The monoisotopic (exact) mass is 254 g/mol. The fourth-order valence-corrected chi connectivity index (χ4v) is 2.00. The second-order valence-corrected chi connectivity index (χ2v) is 4.14. The second kappa shape index (κ2) is 4.24. The van der Waals surface area contributed by atoms with Crippen LogP contribution in [0.1, 0.15) is 0 Å². The third-order valence-corrected chi connectivity index (χ3v) is 2.77. The molecule has 2 rings (SSSR count). The average Bonchev–Trinajstić information content (AvgIpc) is 2.20. The lowest BCUT2D eigenvalue weighted by atomic mass is 10.0. The molecule has 0 aliphatic rings. The third kappa shape index (κ3) is 1.94. The van der Waals surface area contributed by atoms with Crippen molar-refractivity contribution in [3.8, 4) is 22.6 Å². The van der Waals surface area contributed by atoms with Gasteiger partial charge in [-0.1, -0.05) is 35.3 Å². The summed E-state index contributed by atoms with van der Waals surface area (Å²) in [5, 5.41) is 20.3. The molecule has 0 radical (unpaired) electrons. The van der Waals surface area contributed by atoms with Crippen LogP contribution in [0, 0.1) is 0 Å². The number of hydrogen-bond acceptors (Lipinski definition) is 2. The van der Waals surface area contributed by atoms with Gasteiger partial charge in [-0.3, -0.25) is 0 Å². The second-order valence-electron chi connectivity index (χ2n) is 3.30. The Bertz CT molecular complexity index is 518. The smallest absolute Gasteiger partial charge is 0.127 e. The van der Waals surface area contributed by atoms with Crippen molar-refractivity contribution < 1.29 is 10.2 Å². The molecule has 0 aliphatic heterocycles. The van der Waals surface area contributed by atoms with Crippen LogP contribution in [-0.2, 0) is 0 Å². The molecule has 0 saturated heterocycles. The van der Waals surface area contributed by atoms with Gasteiger partial charge in [0.2, 0.25) is 0 Å². The minimum atomic E-state index is -0.0239. The number of rotatable bonds is 1. The van der Waals surface area contributed by atoms with Gasteiger partial charge in [0.25, 0.3) is 0 Å². The number of aromatic hydroxyl groups is 2. The van der Waals surface area contributed by atoms with Gasteiger partial charge in [-0.2, -0.15) is 0 Å². The van der Waals surface area contributed by atoms with Crippen LogP contribution in [0.2, 0.25) is 10.0 Å². The average molecular weight is 255 g/mol. The largest absolute Gasteiger partial charge is 0.507 e. The highest BCUT2D eigenvalue weighted by atomic mass is 35.5. The van der Waals surface area contributed by atoms with Gasteiger partial charge in [0.05, 0.1) is 10.6 Å². The summed E-state index contributed by atoms with van der Waals surface area (Å²) in [4.78, 5) is 0. The molecule has 2 aromatic rings. The summed E-state index contributed by atoms with van der Waals surface area (Å²) in [6.45, 7) is 0. The van der Waals surface area contributed by atoms with Gasteiger partial charge in [0.15, 0.2) is 0 Å². The van der Waals surface area contributed by atoms with Crippen LogP contribution in [0.4, 0.5) is 0 Å². The highest BCUT2D eigenvalue weighted by Gasteiger charge is 2.12. The molecule has 0 aromatic heterocycles. The zero-order valence-electron chi connectivity index (χ0n) is 8.11. The SMILES string of the molecule is Oc1cccc(O)c1-c1ccc(Cl)cc1Cl. The molecule has 0 spiro atoms. The van der Waals surface area contributed by atoms with Crippen molar-refractivity contribution >= 4 is 23.2 Å². The van der Waals surface area contributed by atoms with Gasteiger partial charge in [0, 0.05) is 10.6 Å². The number of phenols is 2. The fourth-order valence-electron chi connectivity index (χ4n) is 1.50. The molecular formula is C12H8Cl2O2. The van der Waals surface area contributed by atoms with E-state index in [-0.39, 0.29) is 11.5 Å². The Kier molecular flexibility index (Phi) is 2.95. The zero-order chi connectivity index (χ0) is 11.7.